The van der Waals surface area contributed by atoms with E-state index in [2.05, 4.69) is 16.9 Å². The maximum Gasteiger partial charge on any atom is 0.254 e. The summed E-state index contributed by atoms with van der Waals surface area (Å²) in [6.07, 6.45) is 4.76. The fraction of sp³-hybridized carbons (Fsp3) is 0.273. The number of aromatic nitrogens is 1. The van der Waals surface area contributed by atoms with Gasteiger partial charge < -0.3 is 5.32 Å². The highest BCUT2D eigenvalue weighted by molar-refractivity contribution is 5.94. The first kappa shape index (κ1) is 11.4. The van der Waals surface area contributed by atoms with Crippen LogP contribution in [0, 0.1) is 5.82 Å². The zero-order valence-electron chi connectivity index (χ0n) is 8.53. The van der Waals surface area contributed by atoms with Crippen LogP contribution in [-0.4, -0.2) is 16.9 Å². The van der Waals surface area contributed by atoms with Crippen LogP contribution >= 0.6 is 0 Å². The quantitative estimate of drug-likeness (QED) is 0.768. The van der Waals surface area contributed by atoms with Gasteiger partial charge in [-0.2, -0.15) is 0 Å². The average Bonchev–Trinajstić information content (AvgIpc) is 2.18. The second-order valence-corrected chi connectivity index (χ2v) is 3.25. The third-order valence-corrected chi connectivity index (χ3v) is 1.91. The first-order valence-electron chi connectivity index (χ1n) is 4.66. The SMILES string of the molecule is C=CCC(C)NC(=O)c1ccncc1F. The Bertz CT molecular complexity index is 365. The Morgan fingerprint density at radius 3 is 3.13 bits per heavy atom. The van der Waals surface area contributed by atoms with Crippen molar-refractivity contribution in [1.29, 1.82) is 0 Å². The molecule has 0 aliphatic carbocycles. The van der Waals surface area contributed by atoms with Gasteiger partial charge in [-0.3, -0.25) is 9.78 Å². The van der Waals surface area contributed by atoms with Gasteiger partial charge in [0.15, 0.2) is 5.82 Å². The molecule has 0 saturated carbocycles. The van der Waals surface area contributed by atoms with Gasteiger partial charge in [-0.05, 0) is 19.4 Å². The van der Waals surface area contributed by atoms with Crippen LogP contribution in [0.4, 0.5) is 4.39 Å². The monoisotopic (exact) mass is 208 g/mol. The van der Waals surface area contributed by atoms with E-state index in [0.717, 1.165) is 6.20 Å². The molecule has 1 atom stereocenters. The van der Waals surface area contributed by atoms with Crippen LogP contribution in [0.5, 0.6) is 0 Å². The number of rotatable bonds is 4. The molecule has 1 aromatic rings. The lowest BCUT2D eigenvalue weighted by Gasteiger charge is -2.11. The highest BCUT2D eigenvalue weighted by atomic mass is 19.1. The van der Waals surface area contributed by atoms with Gasteiger partial charge >= 0.3 is 0 Å². The van der Waals surface area contributed by atoms with Crippen LogP contribution in [-0.2, 0) is 0 Å². The molecule has 0 aromatic carbocycles. The molecule has 80 valence electrons. The third-order valence-electron chi connectivity index (χ3n) is 1.91. The predicted octanol–water partition coefficient (Wildman–Crippen LogP) is 1.92. The summed E-state index contributed by atoms with van der Waals surface area (Å²) in [5, 5.41) is 2.66. The van der Waals surface area contributed by atoms with Gasteiger partial charge in [0.05, 0.1) is 11.8 Å². The summed E-state index contributed by atoms with van der Waals surface area (Å²) in [4.78, 5) is 15.1. The largest absolute Gasteiger partial charge is 0.349 e. The van der Waals surface area contributed by atoms with E-state index in [1.54, 1.807) is 6.08 Å². The average molecular weight is 208 g/mol. The molecule has 15 heavy (non-hydrogen) atoms. The van der Waals surface area contributed by atoms with Gasteiger partial charge in [0.2, 0.25) is 0 Å². The molecule has 4 heteroatoms. The summed E-state index contributed by atoms with van der Waals surface area (Å²) in [6.45, 7) is 5.39. The predicted molar refractivity (Wildman–Crippen MR) is 55.9 cm³/mol. The number of pyridine rings is 1. The molecular weight excluding hydrogens is 195 g/mol. The van der Waals surface area contributed by atoms with Gasteiger partial charge in [-0.1, -0.05) is 6.08 Å². The highest BCUT2D eigenvalue weighted by Gasteiger charge is 2.12. The topological polar surface area (TPSA) is 42.0 Å². The van der Waals surface area contributed by atoms with Crippen molar-refractivity contribution in [2.75, 3.05) is 0 Å². The van der Waals surface area contributed by atoms with Crippen molar-refractivity contribution in [2.24, 2.45) is 0 Å². The van der Waals surface area contributed by atoms with Crippen molar-refractivity contribution >= 4 is 5.91 Å². The minimum Gasteiger partial charge on any atom is -0.349 e. The molecule has 0 saturated heterocycles. The normalized spacial score (nSPS) is 11.9. The summed E-state index contributed by atoms with van der Waals surface area (Å²) in [6, 6.07) is 1.30. The Balaban J connectivity index is 2.69. The molecule has 0 spiro atoms. The lowest BCUT2D eigenvalue weighted by molar-refractivity contribution is 0.0936. The lowest BCUT2D eigenvalue weighted by Crippen LogP contribution is -2.32. The van der Waals surface area contributed by atoms with E-state index < -0.39 is 11.7 Å². The molecule has 0 fully saturated rings. The minimum absolute atomic E-state index is 0.0147. The van der Waals surface area contributed by atoms with Crippen molar-refractivity contribution in [3.05, 3.63) is 42.5 Å². The van der Waals surface area contributed by atoms with E-state index in [4.69, 9.17) is 0 Å². The molecule has 1 aromatic heterocycles. The van der Waals surface area contributed by atoms with Crippen LogP contribution in [0.25, 0.3) is 0 Å². The molecule has 1 amide bonds. The molecule has 3 nitrogen and oxygen atoms in total. The molecule has 1 unspecified atom stereocenters. The van der Waals surface area contributed by atoms with Crippen molar-refractivity contribution in [2.45, 2.75) is 19.4 Å². The van der Waals surface area contributed by atoms with Gasteiger partial charge in [0.25, 0.3) is 5.91 Å². The van der Waals surface area contributed by atoms with Crippen molar-refractivity contribution in [3.63, 3.8) is 0 Å². The summed E-state index contributed by atoms with van der Waals surface area (Å²) in [5.41, 5.74) is 0.0147. The smallest absolute Gasteiger partial charge is 0.254 e. The van der Waals surface area contributed by atoms with Crippen molar-refractivity contribution in [1.82, 2.24) is 10.3 Å². The minimum atomic E-state index is -0.610. The Morgan fingerprint density at radius 2 is 2.53 bits per heavy atom. The Morgan fingerprint density at radius 1 is 1.80 bits per heavy atom. The zero-order chi connectivity index (χ0) is 11.3. The fourth-order valence-corrected chi connectivity index (χ4v) is 1.17. The first-order valence-corrected chi connectivity index (χ1v) is 4.66. The number of carbonyl (C=O) groups excluding carboxylic acids is 1. The number of carbonyl (C=O) groups is 1. The second kappa shape index (κ2) is 5.24. The van der Waals surface area contributed by atoms with E-state index >= 15 is 0 Å². The van der Waals surface area contributed by atoms with Crippen LogP contribution < -0.4 is 5.32 Å². The molecular formula is C11H13FN2O. The van der Waals surface area contributed by atoms with Crippen molar-refractivity contribution < 1.29 is 9.18 Å². The summed E-state index contributed by atoms with van der Waals surface area (Å²) in [5.74, 6) is -1.04. The molecule has 1 heterocycles. The molecule has 0 aliphatic heterocycles. The Labute approximate surface area is 88.0 Å². The molecule has 0 radical (unpaired) electrons. The summed E-state index contributed by atoms with van der Waals surface area (Å²) < 4.78 is 13.1. The molecule has 0 aliphatic rings. The number of nitrogens with zero attached hydrogens (tertiary/aromatic N) is 1. The van der Waals surface area contributed by atoms with Crippen LogP contribution in [0.1, 0.15) is 23.7 Å². The number of halogens is 1. The van der Waals surface area contributed by atoms with Crippen LogP contribution in [0.3, 0.4) is 0 Å². The maximum absolute atomic E-state index is 13.1. The molecule has 0 bridgehead atoms. The van der Waals surface area contributed by atoms with E-state index in [0.29, 0.717) is 6.42 Å². The molecule has 1 N–H and O–H groups in total. The lowest BCUT2D eigenvalue weighted by atomic mass is 10.2. The third kappa shape index (κ3) is 3.16. The molecule has 1 rings (SSSR count). The number of hydrogen-bond donors (Lipinski definition) is 1. The maximum atomic E-state index is 13.1. The highest BCUT2D eigenvalue weighted by Crippen LogP contribution is 2.04. The summed E-state index contributed by atoms with van der Waals surface area (Å²) >= 11 is 0. The zero-order valence-corrected chi connectivity index (χ0v) is 8.53. The number of amides is 1. The standard InChI is InChI=1S/C11H13FN2O/c1-3-4-8(2)14-11(15)9-5-6-13-7-10(9)12/h3,5-8H,1,4H2,2H3,(H,14,15). The first-order chi connectivity index (χ1) is 7.15. The number of hydrogen-bond acceptors (Lipinski definition) is 2. The van der Waals surface area contributed by atoms with Gasteiger partial charge in [0, 0.05) is 12.2 Å². The van der Waals surface area contributed by atoms with E-state index in [-0.39, 0.29) is 11.6 Å². The van der Waals surface area contributed by atoms with Gasteiger partial charge in [-0.15, -0.1) is 6.58 Å². The van der Waals surface area contributed by atoms with Crippen LogP contribution in [0.15, 0.2) is 31.1 Å². The van der Waals surface area contributed by atoms with Gasteiger partial charge in [-0.25, -0.2) is 4.39 Å². The Hall–Kier alpha value is -1.71. The second-order valence-electron chi connectivity index (χ2n) is 3.25. The van der Waals surface area contributed by atoms with E-state index in [9.17, 15) is 9.18 Å². The van der Waals surface area contributed by atoms with Crippen LogP contribution in [0.2, 0.25) is 0 Å². The fourth-order valence-electron chi connectivity index (χ4n) is 1.17. The Kier molecular flexibility index (Phi) is 3.97. The van der Waals surface area contributed by atoms with Crippen molar-refractivity contribution in [3.8, 4) is 0 Å². The number of nitrogens with one attached hydrogen (secondary N) is 1. The summed E-state index contributed by atoms with van der Waals surface area (Å²) in [7, 11) is 0. The van der Waals surface area contributed by atoms with E-state index in [1.165, 1.54) is 12.3 Å². The van der Waals surface area contributed by atoms with Gasteiger partial charge in [0.1, 0.15) is 0 Å². The van der Waals surface area contributed by atoms with E-state index in [1.807, 2.05) is 6.92 Å².